The van der Waals surface area contributed by atoms with Gasteiger partial charge in [-0.15, -0.1) is 0 Å². The second-order valence-corrected chi connectivity index (χ2v) is 15.4. The SMILES string of the molecule is CCCCCC/C=C\CCCCCCCC(=O)O[C@H](CO/C=C\CCCCCCCCCCCCCCCCCC)COP(=O)(O)OCCN. The topological polar surface area (TPSA) is 117 Å². The summed E-state index contributed by atoms with van der Waals surface area (Å²) in [5, 5.41) is 0. The molecule has 0 aromatic heterocycles. The van der Waals surface area contributed by atoms with Crippen molar-refractivity contribution in [2.45, 2.75) is 206 Å². The number of carbonyl (C=O) groups is 1. The Kier molecular flexibility index (Phi) is 38.1. The molecule has 0 aliphatic rings. The number of allylic oxidation sites excluding steroid dienone is 3. The molecular weight excluding hydrogens is 649 g/mol. The third-order valence-electron chi connectivity index (χ3n) is 8.94. The van der Waals surface area contributed by atoms with E-state index in [9.17, 15) is 14.3 Å². The van der Waals surface area contributed by atoms with E-state index in [1.807, 2.05) is 6.08 Å². The third kappa shape index (κ3) is 38.1. The molecule has 3 N–H and O–H groups in total. The summed E-state index contributed by atoms with van der Waals surface area (Å²) in [5.74, 6) is -0.360. The van der Waals surface area contributed by atoms with Crippen molar-refractivity contribution < 1.29 is 32.8 Å². The van der Waals surface area contributed by atoms with E-state index >= 15 is 0 Å². The minimum atomic E-state index is -4.29. The van der Waals surface area contributed by atoms with E-state index in [4.69, 9.17) is 24.3 Å². The molecule has 0 saturated heterocycles. The average molecular weight is 730 g/mol. The number of hydrogen-bond donors (Lipinski definition) is 2. The molecule has 0 amide bonds. The lowest BCUT2D eigenvalue weighted by Gasteiger charge is -2.19. The molecule has 0 heterocycles. The molecule has 0 aromatic rings. The molecule has 0 bridgehead atoms. The van der Waals surface area contributed by atoms with E-state index < -0.39 is 13.9 Å². The van der Waals surface area contributed by atoms with Crippen LogP contribution >= 0.6 is 7.82 Å². The van der Waals surface area contributed by atoms with Crippen LogP contribution in [0, 0.1) is 0 Å². The van der Waals surface area contributed by atoms with E-state index in [0.29, 0.717) is 6.42 Å². The van der Waals surface area contributed by atoms with Crippen molar-refractivity contribution in [3.63, 3.8) is 0 Å². The molecule has 296 valence electrons. The maximum absolute atomic E-state index is 12.5. The predicted molar refractivity (Wildman–Crippen MR) is 210 cm³/mol. The minimum Gasteiger partial charge on any atom is -0.498 e. The van der Waals surface area contributed by atoms with E-state index in [-0.39, 0.29) is 32.3 Å². The first-order valence-electron chi connectivity index (χ1n) is 20.9. The maximum atomic E-state index is 12.5. The molecule has 0 aliphatic carbocycles. The van der Waals surface area contributed by atoms with Crippen LogP contribution in [0.15, 0.2) is 24.5 Å². The molecule has 0 radical (unpaired) electrons. The Balaban J connectivity index is 4.07. The summed E-state index contributed by atoms with van der Waals surface area (Å²) in [6, 6.07) is 0. The number of rotatable bonds is 40. The first-order chi connectivity index (χ1) is 24.4. The van der Waals surface area contributed by atoms with Gasteiger partial charge in [-0.2, -0.15) is 0 Å². The van der Waals surface area contributed by atoms with Crippen molar-refractivity contribution >= 4 is 13.8 Å². The zero-order valence-electron chi connectivity index (χ0n) is 32.6. The predicted octanol–water partition coefficient (Wildman–Crippen LogP) is 12.4. The molecule has 0 aromatic carbocycles. The normalized spacial score (nSPS) is 13.7. The number of ether oxygens (including phenoxy) is 2. The van der Waals surface area contributed by atoms with Gasteiger partial charge < -0.3 is 20.1 Å². The van der Waals surface area contributed by atoms with Gasteiger partial charge in [0, 0.05) is 13.0 Å². The van der Waals surface area contributed by atoms with Crippen molar-refractivity contribution in [3.8, 4) is 0 Å². The highest BCUT2D eigenvalue weighted by Gasteiger charge is 2.25. The molecule has 50 heavy (non-hydrogen) atoms. The van der Waals surface area contributed by atoms with E-state index in [1.54, 1.807) is 6.26 Å². The van der Waals surface area contributed by atoms with Crippen molar-refractivity contribution in [2.75, 3.05) is 26.4 Å². The molecule has 0 fully saturated rings. The Labute approximate surface area is 308 Å². The molecule has 1 unspecified atom stereocenters. The summed E-state index contributed by atoms with van der Waals surface area (Å²) in [7, 11) is -4.29. The number of nitrogens with two attached hydrogens (primary N) is 1. The maximum Gasteiger partial charge on any atom is 0.472 e. The first kappa shape index (κ1) is 48.8. The van der Waals surface area contributed by atoms with Crippen LogP contribution in [-0.2, 0) is 27.9 Å². The lowest BCUT2D eigenvalue weighted by Crippen LogP contribution is -2.27. The number of hydrogen-bond acceptors (Lipinski definition) is 7. The van der Waals surface area contributed by atoms with E-state index in [0.717, 1.165) is 44.9 Å². The fraction of sp³-hybridized carbons (Fsp3) is 0.878. The lowest BCUT2D eigenvalue weighted by atomic mass is 10.0. The smallest absolute Gasteiger partial charge is 0.472 e. The number of unbranched alkanes of at least 4 members (excludes halogenated alkanes) is 25. The van der Waals surface area contributed by atoms with Gasteiger partial charge in [0.05, 0.1) is 19.5 Å². The van der Waals surface area contributed by atoms with Gasteiger partial charge in [-0.1, -0.05) is 161 Å². The summed E-state index contributed by atoms with van der Waals surface area (Å²) in [5.41, 5.74) is 5.35. The zero-order valence-corrected chi connectivity index (χ0v) is 33.5. The highest BCUT2D eigenvalue weighted by Crippen LogP contribution is 2.43. The van der Waals surface area contributed by atoms with Crippen molar-refractivity contribution in [1.82, 2.24) is 0 Å². The van der Waals surface area contributed by atoms with E-state index in [1.165, 1.54) is 135 Å². The summed E-state index contributed by atoms with van der Waals surface area (Å²) >= 11 is 0. The molecule has 8 nitrogen and oxygen atoms in total. The van der Waals surface area contributed by atoms with Gasteiger partial charge in [0.15, 0.2) is 6.10 Å². The fourth-order valence-corrected chi connectivity index (χ4v) is 6.60. The molecule has 9 heteroatoms. The Hall–Kier alpha value is -1.18. The Morgan fingerprint density at radius 3 is 1.50 bits per heavy atom. The molecule has 0 rings (SSSR count). The molecule has 0 spiro atoms. The van der Waals surface area contributed by atoms with Crippen LogP contribution in [0.2, 0.25) is 0 Å². The second-order valence-electron chi connectivity index (χ2n) is 13.9. The molecule has 2 atom stereocenters. The van der Waals surface area contributed by atoms with Crippen LogP contribution in [-0.4, -0.2) is 43.3 Å². The average Bonchev–Trinajstić information content (AvgIpc) is 3.10. The monoisotopic (exact) mass is 730 g/mol. The quantitative estimate of drug-likeness (QED) is 0.0210. The van der Waals surface area contributed by atoms with Crippen LogP contribution in [0.1, 0.15) is 200 Å². The molecule has 0 saturated carbocycles. The summed E-state index contributed by atoms with van der Waals surface area (Å²) < 4.78 is 33.1. The largest absolute Gasteiger partial charge is 0.498 e. The van der Waals surface area contributed by atoms with Crippen LogP contribution in [0.3, 0.4) is 0 Å². The van der Waals surface area contributed by atoms with Gasteiger partial charge in [0.25, 0.3) is 0 Å². The zero-order chi connectivity index (χ0) is 36.6. The fourth-order valence-electron chi connectivity index (χ4n) is 5.84. The van der Waals surface area contributed by atoms with Gasteiger partial charge in [-0.05, 0) is 51.0 Å². The summed E-state index contributed by atoms with van der Waals surface area (Å²) in [4.78, 5) is 22.4. The van der Waals surface area contributed by atoms with Crippen LogP contribution < -0.4 is 5.73 Å². The second kappa shape index (κ2) is 39.0. The van der Waals surface area contributed by atoms with Gasteiger partial charge in [0.2, 0.25) is 0 Å². The number of esters is 1. The Morgan fingerprint density at radius 1 is 0.600 bits per heavy atom. The highest BCUT2D eigenvalue weighted by atomic mass is 31.2. The third-order valence-corrected chi connectivity index (χ3v) is 9.92. The van der Waals surface area contributed by atoms with Crippen molar-refractivity contribution in [3.05, 3.63) is 24.5 Å². The number of phosphoric acid groups is 1. The van der Waals surface area contributed by atoms with Gasteiger partial charge in [-0.25, -0.2) is 4.57 Å². The van der Waals surface area contributed by atoms with Crippen molar-refractivity contribution in [1.29, 1.82) is 0 Å². The van der Waals surface area contributed by atoms with Crippen molar-refractivity contribution in [2.24, 2.45) is 5.73 Å². The molecule has 0 aliphatic heterocycles. The van der Waals surface area contributed by atoms with Crippen LogP contribution in [0.5, 0.6) is 0 Å². The molecular formula is C41H80NO7P. The Bertz CT molecular complexity index is 823. The standard InChI is InChI=1S/C41H80NO7P/c1-3-5-7-9-11-13-15-17-18-19-20-21-23-25-27-29-31-33-36-46-38-40(39-48-50(44,45)47-37-35-42)49-41(43)34-32-30-28-26-24-22-16-14-12-10-8-6-4-2/h14,16,33,36,40H,3-13,15,17-32,34-35,37-39,42H2,1-2H3,(H,44,45)/b16-14-,36-33-/t40-/m1/s1. The summed E-state index contributed by atoms with van der Waals surface area (Å²) in [6.45, 7) is 4.23. The highest BCUT2D eigenvalue weighted by molar-refractivity contribution is 7.47. The summed E-state index contributed by atoms with van der Waals surface area (Å²) in [6.07, 6.45) is 42.9. The van der Waals surface area contributed by atoms with Gasteiger partial charge in [0.1, 0.15) is 6.61 Å². The van der Waals surface area contributed by atoms with Gasteiger partial charge >= 0.3 is 13.8 Å². The minimum absolute atomic E-state index is 0.0320. The van der Waals surface area contributed by atoms with E-state index in [2.05, 4.69) is 26.0 Å². The van der Waals surface area contributed by atoms with Crippen LogP contribution in [0.4, 0.5) is 0 Å². The number of carbonyl (C=O) groups excluding carboxylic acids is 1. The van der Waals surface area contributed by atoms with Gasteiger partial charge in [-0.3, -0.25) is 13.8 Å². The first-order valence-corrected chi connectivity index (χ1v) is 22.4. The Morgan fingerprint density at radius 2 is 1.02 bits per heavy atom. The van der Waals surface area contributed by atoms with Crippen LogP contribution in [0.25, 0.3) is 0 Å². The number of phosphoric ester groups is 1. The lowest BCUT2D eigenvalue weighted by molar-refractivity contribution is -0.153.